The predicted molar refractivity (Wildman–Crippen MR) is 63.8 cm³/mol. The highest BCUT2D eigenvalue weighted by molar-refractivity contribution is 6.28. The predicted octanol–water partition coefficient (Wildman–Crippen LogP) is 4.63. The van der Waals surface area contributed by atoms with Crippen LogP contribution in [0.15, 0.2) is 0 Å². The van der Waals surface area contributed by atoms with Crippen LogP contribution in [0.3, 0.4) is 0 Å². The molecule has 80 valence electrons. The van der Waals surface area contributed by atoms with Crippen LogP contribution in [0.25, 0.3) is 0 Å². The van der Waals surface area contributed by atoms with E-state index in [-0.39, 0.29) is 10.8 Å². The van der Waals surface area contributed by atoms with Crippen LogP contribution in [0.5, 0.6) is 0 Å². The van der Waals surface area contributed by atoms with E-state index in [9.17, 15) is 0 Å². The first-order valence-corrected chi connectivity index (χ1v) is 6.55. The van der Waals surface area contributed by atoms with E-state index in [0.717, 1.165) is 25.7 Å². The second kappa shape index (κ2) is 9.71. The SMILES string of the molecule is ClC[C@@H](Cl)CCCCC[C@@H](Cl)CCl. The maximum absolute atomic E-state index is 5.85. The van der Waals surface area contributed by atoms with Gasteiger partial charge in [-0.2, -0.15) is 0 Å². The molecule has 0 rings (SSSR count). The molecule has 0 aliphatic carbocycles. The summed E-state index contributed by atoms with van der Waals surface area (Å²) in [7, 11) is 0. The molecule has 13 heavy (non-hydrogen) atoms. The van der Waals surface area contributed by atoms with Crippen molar-refractivity contribution in [3.05, 3.63) is 0 Å². The molecule has 4 heteroatoms. The van der Waals surface area contributed by atoms with E-state index in [1.807, 2.05) is 0 Å². The minimum Gasteiger partial charge on any atom is -0.125 e. The Balaban J connectivity index is 3.08. The van der Waals surface area contributed by atoms with Gasteiger partial charge in [0, 0.05) is 22.5 Å². The smallest absolute Gasteiger partial charge is 0.0471 e. The zero-order valence-corrected chi connectivity index (χ0v) is 10.6. The van der Waals surface area contributed by atoms with E-state index in [0.29, 0.717) is 11.8 Å². The molecular formula is C9H16Cl4. The largest absolute Gasteiger partial charge is 0.125 e. The summed E-state index contributed by atoms with van der Waals surface area (Å²) in [5, 5.41) is 0.253. The van der Waals surface area contributed by atoms with Gasteiger partial charge in [-0.1, -0.05) is 19.3 Å². The first kappa shape index (κ1) is 14.2. The third-order valence-electron chi connectivity index (χ3n) is 1.87. The van der Waals surface area contributed by atoms with Crippen molar-refractivity contribution in [2.45, 2.75) is 42.9 Å². The number of unbranched alkanes of at least 4 members (excludes halogenated alkanes) is 2. The molecule has 0 saturated heterocycles. The van der Waals surface area contributed by atoms with Crippen molar-refractivity contribution >= 4 is 46.4 Å². The molecule has 0 unspecified atom stereocenters. The van der Waals surface area contributed by atoms with Crippen molar-refractivity contribution in [2.75, 3.05) is 11.8 Å². The van der Waals surface area contributed by atoms with Gasteiger partial charge in [0.15, 0.2) is 0 Å². The summed E-state index contributed by atoms with van der Waals surface area (Å²) >= 11 is 22.8. The Morgan fingerprint density at radius 1 is 0.692 bits per heavy atom. The molecule has 0 aromatic heterocycles. The summed E-state index contributed by atoms with van der Waals surface area (Å²) in [6.45, 7) is 0. The molecule has 0 heterocycles. The van der Waals surface area contributed by atoms with Gasteiger partial charge in [-0.15, -0.1) is 46.4 Å². The Morgan fingerprint density at radius 2 is 1.08 bits per heavy atom. The molecule has 0 aliphatic rings. The first-order valence-electron chi connectivity index (χ1n) is 4.60. The standard InChI is InChI=1S/C9H16Cl4/c10-6-8(12)4-2-1-3-5-9(13)7-11/h8-9H,1-7H2/t8-,9+. The van der Waals surface area contributed by atoms with Crippen LogP contribution in [0.1, 0.15) is 32.1 Å². The van der Waals surface area contributed by atoms with E-state index in [1.54, 1.807) is 0 Å². The summed E-state index contributed by atoms with van der Waals surface area (Å²) in [6, 6.07) is 0. The minimum atomic E-state index is 0.126. The van der Waals surface area contributed by atoms with Crippen LogP contribution in [0.2, 0.25) is 0 Å². The second-order valence-electron chi connectivity index (χ2n) is 3.14. The summed E-state index contributed by atoms with van der Waals surface area (Å²) in [4.78, 5) is 0. The van der Waals surface area contributed by atoms with E-state index < -0.39 is 0 Å². The molecule has 2 atom stereocenters. The Bertz CT molecular complexity index is 95.8. The van der Waals surface area contributed by atoms with Crippen LogP contribution in [0, 0.1) is 0 Å². The molecule has 0 aromatic rings. The van der Waals surface area contributed by atoms with E-state index in [1.165, 1.54) is 6.42 Å². The first-order chi connectivity index (χ1) is 6.20. The van der Waals surface area contributed by atoms with Gasteiger partial charge >= 0.3 is 0 Å². The quantitative estimate of drug-likeness (QED) is 0.444. The highest BCUT2D eigenvalue weighted by Gasteiger charge is 2.04. The van der Waals surface area contributed by atoms with Crippen molar-refractivity contribution < 1.29 is 0 Å². The molecule has 0 nitrogen and oxygen atoms in total. The fraction of sp³-hybridized carbons (Fsp3) is 1.00. The average molecular weight is 266 g/mol. The molecule has 0 saturated carbocycles. The Morgan fingerprint density at radius 3 is 1.38 bits per heavy atom. The van der Waals surface area contributed by atoms with Crippen LogP contribution in [-0.4, -0.2) is 22.5 Å². The third-order valence-corrected chi connectivity index (χ3v) is 3.68. The van der Waals surface area contributed by atoms with Crippen molar-refractivity contribution in [3.8, 4) is 0 Å². The molecule has 0 radical (unpaired) electrons. The van der Waals surface area contributed by atoms with Crippen molar-refractivity contribution in [1.82, 2.24) is 0 Å². The molecule has 0 aromatic carbocycles. The lowest BCUT2D eigenvalue weighted by atomic mass is 10.1. The minimum absolute atomic E-state index is 0.126. The molecule has 0 amide bonds. The van der Waals surface area contributed by atoms with Gasteiger partial charge in [-0.25, -0.2) is 0 Å². The van der Waals surface area contributed by atoms with Gasteiger partial charge in [0.25, 0.3) is 0 Å². The summed E-state index contributed by atoms with van der Waals surface area (Å²) < 4.78 is 0. The number of rotatable bonds is 8. The molecule has 0 aliphatic heterocycles. The van der Waals surface area contributed by atoms with Gasteiger partial charge in [0.2, 0.25) is 0 Å². The van der Waals surface area contributed by atoms with Crippen LogP contribution in [0.4, 0.5) is 0 Å². The van der Waals surface area contributed by atoms with Gasteiger partial charge in [0.1, 0.15) is 0 Å². The van der Waals surface area contributed by atoms with Crippen LogP contribution < -0.4 is 0 Å². The molecule has 0 spiro atoms. The van der Waals surface area contributed by atoms with E-state index in [4.69, 9.17) is 46.4 Å². The normalized spacial score (nSPS) is 15.7. The zero-order valence-electron chi connectivity index (χ0n) is 7.62. The highest BCUT2D eigenvalue weighted by Crippen LogP contribution is 2.14. The van der Waals surface area contributed by atoms with Crippen molar-refractivity contribution in [3.63, 3.8) is 0 Å². The molecular weight excluding hydrogens is 250 g/mol. The highest BCUT2D eigenvalue weighted by atomic mass is 35.5. The maximum Gasteiger partial charge on any atom is 0.0471 e. The number of hydrogen-bond acceptors (Lipinski definition) is 0. The lowest BCUT2D eigenvalue weighted by Crippen LogP contribution is -2.01. The van der Waals surface area contributed by atoms with Crippen LogP contribution in [-0.2, 0) is 0 Å². The summed E-state index contributed by atoms with van der Waals surface area (Å²) in [5.74, 6) is 1.09. The second-order valence-corrected chi connectivity index (χ2v) is 4.99. The van der Waals surface area contributed by atoms with E-state index >= 15 is 0 Å². The molecule has 0 N–H and O–H groups in total. The Kier molecular flexibility index (Phi) is 10.6. The van der Waals surface area contributed by atoms with Gasteiger partial charge in [-0.05, 0) is 12.8 Å². The van der Waals surface area contributed by atoms with Crippen LogP contribution >= 0.6 is 46.4 Å². The van der Waals surface area contributed by atoms with Gasteiger partial charge in [-0.3, -0.25) is 0 Å². The van der Waals surface area contributed by atoms with E-state index in [2.05, 4.69) is 0 Å². The fourth-order valence-corrected chi connectivity index (χ4v) is 1.68. The van der Waals surface area contributed by atoms with Gasteiger partial charge < -0.3 is 0 Å². The topological polar surface area (TPSA) is 0 Å². The lowest BCUT2D eigenvalue weighted by molar-refractivity contribution is 0.609. The number of hydrogen-bond donors (Lipinski definition) is 0. The lowest BCUT2D eigenvalue weighted by Gasteiger charge is -2.06. The Hall–Kier alpha value is 1.16. The number of alkyl halides is 4. The summed E-state index contributed by atoms with van der Waals surface area (Å²) in [6.07, 6.45) is 5.43. The monoisotopic (exact) mass is 264 g/mol. The van der Waals surface area contributed by atoms with Crippen molar-refractivity contribution in [2.24, 2.45) is 0 Å². The fourth-order valence-electron chi connectivity index (χ4n) is 1.06. The summed E-state index contributed by atoms with van der Waals surface area (Å²) in [5.41, 5.74) is 0. The van der Waals surface area contributed by atoms with Gasteiger partial charge in [0.05, 0.1) is 0 Å². The number of halogens is 4. The maximum atomic E-state index is 5.85. The molecule has 0 fully saturated rings. The Labute approximate surface area is 101 Å². The average Bonchev–Trinajstić information content (AvgIpc) is 2.16. The zero-order chi connectivity index (χ0) is 10.1. The third kappa shape index (κ3) is 9.46. The molecule has 0 bridgehead atoms. The van der Waals surface area contributed by atoms with Crippen molar-refractivity contribution in [1.29, 1.82) is 0 Å².